The van der Waals surface area contributed by atoms with Crippen LogP contribution in [0.4, 0.5) is 0 Å². The molecule has 0 amide bonds. The smallest absolute Gasteiger partial charge is 0.356 e. The van der Waals surface area contributed by atoms with Gasteiger partial charge in [0.05, 0.1) is 18.2 Å². The first kappa shape index (κ1) is 19.4. The summed E-state index contributed by atoms with van der Waals surface area (Å²) >= 11 is 0. The largest absolute Gasteiger partial charge is 0.507 e. The Morgan fingerprint density at radius 1 is 1.14 bits per heavy atom. The maximum atomic E-state index is 12.1. The molecule has 3 aromatic rings. The number of aromatic nitrogens is 1. The molecule has 0 atom stereocenters. The van der Waals surface area contributed by atoms with Gasteiger partial charge in [-0.2, -0.15) is 0 Å². The lowest BCUT2D eigenvalue weighted by Gasteiger charge is -2.16. The lowest BCUT2D eigenvalue weighted by molar-refractivity contribution is 0.0594. The van der Waals surface area contributed by atoms with Crippen molar-refractivity contribution in [1.82, 2.24) is 4.98 Å². The van der Waals surface area contributed by atoms with Crippen molar-refractivity contribution in [2.45, 2.75) is 26.7 Å². The van der Waals surface area contributed by atoms with Crippen LogP contribution < -0.4 is 4.74 Å². The van der Waals surface area contributed by atoms with E-state index in [1.165, 1.54) is 20.1 Å². The second-order valence-corrected chi connectivity index (χ2v) is 6.37. The Balaban J connectivity index is 2.34. The summed E-state index contributed by atoms with van der Waals surface area (Å²) in [5.41, 5.74) is 1.18. The molecule has 0 saturated carbocycles. The highest BCUT2D eigenvalue weighted by Gasteiger charge is 2.22. The van der Waals surface area contributed by atoms with Crippen LogP contribution in [-0.2, 0) is 11.2 Å². The standard InChI is InChI=1S/C22H21NO5/c1-4-8-15-20-17(11-16(13(2)24)21(15)25)19(12-18(23-20)22(26)27-3)28-14-9-6-5-7-10-14/h5-7,9-12,25H,4,8H2,1-3H3. The molecule has 28 heavy (non-hydrogen) atoms. The first-order valence-corrected chi connectivity index (χ1v) is 8.98. The van der Waals surface area contributed by atoms with Gasteiger partial charge >= 0.3 is 5.97 Å². The zero-order chi connectivity index (χ0) is 20.3. The van der Waals surface area contributed by atoms with Gasteiger partial charge in [0, 0.05) is 17.0 Å². The zero-order valence-electron chi connectivity index (χ0n) is 16.0. The Bertz CT molecular complexity index is 1040. The molecule has 6 nitrogen and oxygen atoms in total. The van der Waals surface area contributed by atoms with Gasteiger partial charge in [0.25, 0.3) is 0 Å². The highest BCUT2D eigenvalue weighted by atomic mass is 16.5. The lowest BCUT2D eigenvalue weighted by atomic mass is 9.97. The summed E-state index contributed by atoms with van der Waals surface area (Å²) in [6.45, 7) is 3.35. The first-order chi connectivity index (χ1) is 13.5. The van der Waals surface area contributed by atoms with Crippen LogP contribution in [-0.4, -0.2) is 29.0 Å². The van der Waals surface area contributed by atoms with Crippen molar-refractivity contribution < 1.29 is 24.2 Å². The Labute approximate surface area is 162 Å². The van der Waals surface area contributed by atoms with Crippen LogP contribution in [0.25, 0.3) is 10.9 Å². The predicted octanol–water partition coefficient (Wildman–Crippen LogP) is 4.67. The van der Waals surface area contributed by atoms with Crippen molar-refractivity contribution in [3.8, 4) is 17.2 Å². The molecule has 0 aliphatic heterocycles. The molecule has 1 heterocycles. The number of ketones is 1. The third-order valence-electron chi connectivity index (χ3n) is 4.38. The van der Waals surface area contributed by atoms with Gasteiger partial charge in [-0.3, -0.25) is 4.79 Å². The lowest BCUT2D eigenvalue weighted by Crippen LogP contribution is -2.07. The molecule has 144 valence electrons. The summed E-state index contributed by atoms with van der Waals surface area (Å²) < 4.78 is 10.8. The average molecular weight is 379 g/mol. The Hall–Kier alpha value is -3.41. The van der Waals surface area contributed by atoms with Gasteiger partial charge in [-0.05, 0) is 31.5 Å². The minimum absolute atomic E-state index is 0.0632. The molecule has 0 fully saturated rings. The van der Waals surface area contributed by atoms with Crippen LogP contribution in [0.5, 0.6) is 17.2 Å². The first-order valence-electron chi connectivity index (χ1n) is 8.98. The molecule has 0 radical (unpaired) electrons. The maximum Gasteiger partial charge on any atom is 0.356 e. The third-order valence-corrected chi connectivity index (χ3v) is 4.38. The van der Waals surface area contributed by atoms with E-state index in [0.29, 0.717) is 34.4 Å². The predicted molar refractivity (Wildman–Crippen MR) is 105 cm³/mol. The Kier molecular flexibility index (Phi) is 5.59. The molecule has 0 spiro atoms. The van der Waals surface area contributed by atoms with Gasteiger partial charge in [0.2, 0.25) is 0 Å². The van der Waals surface area contributed by atoms with E-state index >= 15 is 0 Å². The SMILES string of the molecule is CCCc1c(O)c(C(C)=O)cc2c(Oc3ccccc3)cc(C(=O)OC)nc12. The summed E-state index contributed by atoms with van der Waals surface area (Å²) in [6.07, 6.45) is 1.22. The van der Waals surface area contributed by atoms with E-state index in [2.05, 4.69) is 4.98 Å². The van der Waals surface area contributed by atoms with Crippen LogP contribution in [0.3, 0.4) is 0 Å². The summed E-state index contributed by atoms with van der Waals surface area (Å²) in [5.74, 6) is -0.0596. The summed E-state index contributed by atoms with van der Waals surface area (Å²) in [6, 6.07) is 12.1. The van der Waals surface area contributed by atoms with Crippen molar-refractivity contribution in [2.24, 2.45) is 0 Å². The number of benzene rings is 2. The number of hydrogen-bond donors (Lipinski definition) is 1. The fraction of sp³-hybridized carbons (Fsp3) is 0.227. The summed E-state index contributed by atoms with van der Waals surface area (Å²) in [5, 5.41) is 11.2. The average Bonchev–Trinajstić information content (AvgIpc) is 2.69. The van der Waals surface area contributed by atoms with Crippen molar-refractivity contribution in [3.05, 3.63) is 59.3 Å². The van der Waals surface area contributed by atoms with Crippen LogP contribution in [0, 0.1) is 0 Å². The number of aryl methyl sites for hydroxylation is 1. The van der Waals surface area contributed by atoms with Gasteiger partial charge < -0.3 is 14.6 Å². The normalized spacial score (nSPS) is 10.7. The zero-order valence-corrected chi connectivity index (χ0v) is 16.0. The van der Waals surface area contributed by atoms with Crippen LogP contribution >= 0.6 is 0 Å². The number of nitrogens with zero attached hydrogens (tertiary/aromatic N) is 1. The molecule has 0 aliphatic rings. The van der Waals surface area contributed by atoms with E-state index in [4.69, 9.17) is 9.47 Å². The van der Waals surface area contributed by atoms with Gasteiger partial charge in [-0.1, -0.05) is 31.5 Å². The maximum absolute atomic E-state index is 12.1. The Morgan fingerprint density at radius 3 is 2.46 bits per heavy atom. The number of carbonyl (C=O) groups excluding carboxylic acids is 2. The number of esters is 1. The number of fused-ring (bicyclic) bond motifs is 1. The highest BCUT2D eigenvalue weighted by molar-refractivity contribution is 6.04. The van der Waals surface area contributed by atoms with Crippen molar-refractivity contribution in [1.29, 1.82) is 0 Å². The number of phenols is 1. The van der Waals surface area contributed by atoms with Crippen LogP contribution in [0.2, 0.25) is 0 Å². The monoisotopic (exact) mass is 379 g/mol. The van der Waals surface area contributed by atoms with E-state index in [1.807, 2.05) is 25.1 Å². The van der Waals surface area contributed by atoms with E-state index in [0.717, 1.165) is 6.42 Å². The number of carbonyl (C=O) groups is 2. The van der Waals surface area contributed by atoms with E-state index in [9.17, 15) is 14.7 Å². The molecule has 3 rings (SSSR count). The van der Waals surface area contributed by atoms with E-state index in [1.54, 1.807) is 18.2 Å². The van der Waals surface area contributed by atoms with Gasteiger partial charge in [-0.25, -0.2) is 9.78 Å². The number of methoxy groups -OCH3 is 1. The fourth-order valence-corrected chi connectivity index (χ4v) is 3.05. The number of ether oxygens (including phenoxy) is 2. The van der Waals surface area contributed by atoms with Crippen molar-refractivity contribution >= 4 is 22.7 Å². The van der Waals surface area contributed by atoms with Gasteiger partial charge in [0.15, 0.2) is 11.5 Å². The molecule has 2 aromatic carbocycles. The number of hydrogen-bond acceptors (Lipinski definition) is 6. The van der Waals surface area contributed by atoms with E-state index in [-0.39, 0.29) is 22.8 Å². The van der Waals surface area contributed by atoms with Crippen LogP contribution in [0.15, 0.2) is 42.5 Å². The molecule has 0 unspecified atom stereocenters. The number of phenolic OH excluding ortho intramolecular Hbond substituents is 1. The molecule has 1 N–H and O–H groups in total. The summed E-state index contributed by atoms with van der Waals surface area (Å²) in [4.78, 5) is 28.6. The van der Waals surface area contributed by atoms with Crippen molar-refractivity contribution in [2.75, 3.05) is 7.11 Å². The number of pyridine rings is 1. The molecule has 6 heteroatoms. The second kappa shape index (κ2) is 8.08. The molecular weight excluding hydrogens is 358 g/mol. The third kappa shape index (κ3) is 3.67. The summed E-state index contributed by atoms with van der Waals surface area (Å²) in [7, 11) is 1.27. The number of rotatable bonds is 6. The van der Waals surface area contributed by atoms with Crippen molar-refractivity contribution in [3.63, 3.8) is 0 Å². The van der Waals surface area contributed by atoms with Crippen LogP contribution in [0.1, 0.15) is 46.7 Å². The number of para-hydroxylation sites is 1. The van der Waals surface area contributed by atoms with E-state index < -0.39 is 5.97 Å². The molecule has 0 bridgehead atoms. The quantitative estimate of drug-likeness (QED) is 0.495. The topological polar surface area (TPSA) is 85.7 Å². The minimum atomic E-state index is -0.614. The number of aromatic hydroxyl groups is 1. The Morgan fingerprint density at radius 2 is 1.86 bits per heavy atom. The highest BCUT2D eigenvalue weighted by Crippen LogP contribution is 2.38. The van der Waals surface area contributed by atoms with Gasteiger partial charge in [0.1, 0.15) is 17.2 Å². The molecular formula is C22H21NO5. The minimum Gasteiger partial charge on any atom is -0.507 e. The van der Waals surface area contributed by atoms with Gasteiger partial charge in [-0.15, -0.1) is 0 Å². The number of Topliss-reactive ketones (excluding diaryl/α,β-unsaturated/α-hetero) is 1. The molecule has 0 aliphatic carbocycles. The molecule has 1 aromatic heterocycles. The fourth-order valence-electron chi connectivity index (χ4n) is 3.05. The molecule has 0 saturated heterocycles. The second-order valence-electron chi connectivity index (χ2n) is 6.37.